The number of ether oxygens (including phenoxy) is 1. The van der Waals surface area contributed by atoms with Gasteiger partial charge < -0.3 is 15.8 Å². The second-order valence-electron chi connectivity index (χ2n) is 4.77. The number of hydrogen-bond donors (Lipinski definition) is 2. The van der Waals surface area contributed by atoms with Crippen LogP contribution in [0, 0.1) is 0 Å². The van der Waals surface area contributed by atoms with Crippen LogP contribution < -0.4 is 11.1 Å². The first-order chi connectivity index (χ1) is 10.2. The molecule has 2 rings (SSSR count). The Morgan fingerprint density at radius 2 is 2.14 bits per heavy atom. The SMILES string of the molecule is COCCn1cc(NC(=O)C(N)Cc2ccccc2)cn1.Cl. The smallest absolute Gasteiger partial charge is 0.241 e. The first-order valence-corrected chi connectivity index (χ1v) is 6.81. The molecule has 0 saturated heterocycles. The molecule has 6 nitrogen and oxygen atoms in total. The molecule has 0 spiro atoms. The summed E-state index contributed by atoms with van der Waals surface area (Å²) in [4.78, 5) is 12.0. The summed E-state index contributed by atoms with van der Waals surface area (Å²) in [5, 5.41) is 6.90. The van der Waals surface area contributed by atoms with Crippen molar-refractivity contribution >= 4 is 24.0 Å². The zero-order valence-corrected chi connectivity index (χ0v) is 13.3. The molecule has 120 valence electrons. The molecule has 1 amide bonds. The number of halogens is 1. The molecule has 0 aliphatic carbocycles. The van der Waals surface area contributed by atoms with Gasteiger partial charge >= 0.3 is 0 Å². The summed E-state index contributed by atoms with van der Waals surface area (Å²) in [6, 6.07) is 9.12. The third kappa shape index (κ3) is 5.48. The van der Waals surface area contributed by atoms with Gasteiger partial charge in [-0.1, -0.05) is 30.3 Å². The van der Waals surface area contributed by atoms with Crippen LogP contribution in [0.2, 0.25) is 0 Å². The molecule has 1 heterocycles. The maximum Gasteiger partial charge on any atom is 0.241 e. The van der Waals surface area contributed by atoms with E-state index in [1.54, 1.807) is 24.2 Å². The van der Waals surface area contributed by atoms with Gasteiger partial charge in [0, 0.05) is 13.3 Å². The van der Waals surface area contributed by atoms with Crippen molar-refractivity contribution in [2.24, 2.45) is 5.73 Å². The van der Waals surface area contributed by atoms with E-state index in [1.165, 1.54) is 0 Å². The Kier molecular flexibility index (Phi) is 7.59. The van der Waals surface area contributed by atoms with E-state index in [1.807, 2.05) is 30.3 Å². The highest BCUT2D eigenvalue weighted by atomic mass is 35.5. The van der Waals surface area contributed by atoms with Gasteiger partial charge in [0.1, 0.15) is 0 Å². The number of amides is 1. The third-order valence-corrected chi connectivity index (χ3v) is 3.06. The van der Waals surface area contributed by atoms with Gasteiger partial charge in [0.05, 0.1) is 31.1 Å². The molecular formula is C15H21ClN4O2. The number of aromatic nitrogens is 2. The predicted molar refractivity (Wildman–Crippen MR) is 88.1 cm³/mol. The van der Waals surface area contributed by atoms with Gasteiger partial charge in [-0.2, -0.15) is 5.10 Å². The summed E-state index contributed by atoms with van der Waals surface area (Å²) in [5.74, 6) is -0.217. The highest BCUT2D eigenvalue weighted by Crippen LogP contribution is 2.07. The predicted octanol–water partition coefficient (Wildman–Crippen LogP) is 1.46. The van der Waals surface area contributed by atoms with E-state index < -0.39 is 6.04 Å². The molecule has 22 heavy (non-hydrogen) atoms. The van der Waals surface area contributed by atoms with E-state index >= 15 is 0 Å². The fourth-order valence-electron chi connectivity index (χ4n) is 1.93. The summed E-state index contributed by atoms with van der Waals surface area (Å²) in [7, 11) is 1.63. The van der Waals surface area contributed by atoms with Crippen molar-refractivity contribution in [3.8, 4) is 0 Å². The number of hydrogen-bond acceptors (Lipinski definition) is 4. The number of rotatable bonds is 7. The Hall–Kier alpha value is -1.89. The maximum atomic E-state index is 12.0. The summed E-state index contributed by atoms with van der Waals surface area (Å²) < 4.78 is 6.68. The lowest BCUT2D eigenvalue weighted by Crippen LogP contribution is -2.37. The van der Waals surface area contributed by atoms with Crippen molar-refractivity contribution in [1.82, 2.24) is 9.78 Å². The fraction of sp³-hybridized carbons (Fsp3) is 0.333. The molecule has 0 radical (unpaired) electrons. The molecule has 3 N–H and O–H groups in total. The van der Waals surface area contributed by atoms with Crippen LogP contribution in [0.1, 0.15) is 5.56 Å². The van der Waals surface area contributed by atoms with E-state index in [0.29, 0.717) is 25.3 Å². The third-order valence-electron chi connectivity index (χ3n) is 3.06. The number of anilines is 1. The van der Waals surface area contributed by atoms with Gasteiger partial charge in [0.2, 0.25) is 5.91 Å². The highest BCUT2D eigenvalue weighted by Gasteiger charge is 2.14. The Labute approximate surface area is 136 Å². The van der Waals surface area contributed by atoms with Crippen LogP contribution in [-0.4, -0.2) is 35.4 Å². The number of benzene rings is 1. The minimum Gasteiger partial charge on any atom is -0.383 e. The first-order valence-electron chi connectivity index (χ1n) is 6.81. The zero-order chi connectivity index (χ0) is 15.1. The van der Waals surface area contributed by atoms with Gasteiger partial charge in [-0.05, 0) is 12.0 Å². The number of nitrogens with two attached hydrogens (primary N) is 1. The number of nitrogens with zero attached hydrogens (tertiary/aromatic N) is 2. The van der Waals surface area contributed by atoms with Crippen LogP contribution in [0.3, 0.4) is 0 Å². The van der Waals surface area contributed by atoms with Crippen molar-refractivity contribution < 1.29 is 9.53 Å². The quantitative estimate of drug-likeness (QED) is 0.808. The van der Waals surface area contributed by atoms with E-state index in [4.69, 9.17) is 10.5 Å². The average molecular weight is 325 g/mol. The van der Waals surface area contributed by atoms with E-state index in [9.17, 15) is 4.79 Å². The van der Waals surface area contributed by atoms with E-state index in [-0.39, 0.29) is 18.3 Å². The first kappa shape index (κ1) is 18.2. The zero-order valence-electron chi connectivity index (χ0n) is 12.4. The largest absolute Gasteiger partial charge is 0.383 e. The molecule has 0 fully saturated rings. The molecule has 1 atom stereocenters. The molecule has 1 aromatic carbocycles. The number of carbonyl (C=O) groups is 1. The molecule has 1 aromatic heterocycles. The monoisotopic (exact) mass is 324 g/mol. The van der Waals surface area contributed by atoms with Gasteiger partial charge in [0.15, 0.2) is 0 Å². The fourth-order valence-corrected chi connectivity index (χ4v) is 1.93. The minimum atomic E-state index is -0.588. The number of carbonyl (C=O) groups excluding carboxylic acids is 1. The molecule has 0 bridgehead atoms. The summed E-state index contributed by atoms with van der Waals surface area (Å²) in [6.07, 6.45) is 3.86. The lowest BCUT2D eigenvalue weighted by molar-refractivity contribution is -0.117. The molecule has 2 aromatic rings. The van der Waals surface area contributed by atoms with Gasteiger partial charge in [-0.25, -0.2) is 0 Å². The van der Waals surface area contributed by atoms with Gasteiger partial charge in [-0.15, -0.1) is 12.4 Å². The normalized spacial score (nSPS) is 11.5. The molecule has 7 heteroatoms. The summed E-state index contributed by atoms with van der Waals surface area (Å²) >= 11 is 0. The van der Waals surface area contributed by atoms with Crippen LogP contribution in [0.25, 0.3) is 0 Å². The molecule has 0 aliphatic heterocycles. The Morgan fingerprint density at radius 1 is 1.41 bits per heavy atom. The second-order valence-corrected chi connectivity index (χ2v) is 4.77. The minimum absolute atomic E-state index is 0. The van der Waals surface area contributed by atoms with Crippen LogP contribution >= 0.6 is 12.4 Å². The van der Waals surface area contributed by atoms with Crippen molar-refractivity contribution in [1.29, 1.82) is 0 Å². The topological polar surface area (TPSA) is 82.2 Å². The van der Waals surface area contributed by atoms with Crippen LogP contribution in [-0.2, 0) is 22.5 Å². The van der Waals surface area contributed by atoms with Crippen molar-refractivity contribution in [2.45, 2.75) is 19.0 Å². The second kappa shape index (κ2) is 9.19. The van der Waals surface area contributed by atoms with E-state index in [2.05, 4.69) is 10.4 Å². The highest BCUT2D eigenvalue weighted by molar-refractivity contribution is 5.94. The lowest BCUT2D eigenvalue weighted by atomic mass is 10.1. The van der Waals surface area contributed by atoms with Crippen molar-refractivity contribution in [3.63, 3.8) is 0 Å². The lowest BCUT2D eigenvalue weighted by Gasteiger charge is -2.11. The standard InChI is InChI=1S/C15H20N4O2.ClH/c1-21-8-7-19-11-13(10-17-19)18-15(20)14(16)9-12-5-3-2-4-6-12;/h2-6,10-11,14H,7-9,16H2,1H3,(H,18,20);1H. The Morgan fingerprint density at radius 3 is 2.82 bits per heavy atom. The molecule has 0 saturated carbocycles. The Balaban J connectivity index is 0.00000242. The average Bonchev–Trinajstić information content (AvgIpc) is 2.93. The van der Waals surface area contributed by atoms with Crippen molar-refractivity contribution in [2.75, 3.05) is 19.0 Å². The number of methoxy groups -OCH3 is 1. The van der Waals surface area contributed by atoms with Crippen LogP contribution in [0.4, 0.5) is 5.69 Å². The summed E-state index contributed by atoms with van der Waals surface area (Å²) in [6.45, 7) is 1.21. The Bertz CT molecular complexity index is 574. The van der Waals surface area contributed by atoms with Crippen LogP contribution in [0.15, 0.2) is 42.7 Å². The maximum absolute atomic E-state index is 12.0. The van der Waals surface area contributed by atoms with Crippen molar-refractivity contribution in [3.05, 3.63) is 48.3 Å². The molecule has 0 aliphatic rings. The van der Waals surface area contributed by atoms with E-state index in [0.717, 1.165) is 5.56 Å². The molecule has 1 unspecified atom stereocenters. The summed E-state index contributed by atoms with van der Waals surface area (Å²) in [5.41, 5.74) is 7.60. The molecular weight excluding hydrogens is 304 g/mol. The van der Waals surface area contributed by atoms with Crippen LogP contribution in [0.5, 0.6) is 0 Å². The van der Waals surface area contributed by atoms with Gasteiger partial charge in [-0.3, -0.25) is 9.48 Å². The van der Waals surface area contributed by atoms with Gasteiger partial charge in [0.25, 0.3) is 0 Å². The number of nitrogens with one attached hydrogen (secondary N) is 1.